The normalized spacial score (nSPS) is 13.7. The number of carboxylic acid groups (broad SMARTS) is 1. The molecule has 0 saturated heterocycles. The summed E-state index contributed by atoms with van der Waals surface area (Å²) in [7, 11) is -2.03. The molecule has 4 heteroatoms. The lowest BCUT2D eigenvalue weighted by Crippen LogP contribution is -2.42. The van der Waals surface area contributed by atoms with Gasteiger partial charge in [-0.05, 0) is 17.6 Å². The minimum atomic E-state index is -2.03. The van der Waals surface area contributed by atoms with Gasteiger partial charge in [-0.25, -0.2) is 4.79 Å². The highest BCUT2D eigenvalue weighted by atomic mass is 28.4. The number of rotatable bonds is 6. The molecule has 0 spiro atoms. The summed E-state index contributed by atoms with van der Waals surface area (Å²) in [5.74, 6) is 0. The Kier molecular flexibility index (Phi) is 5.84. The lowest BCUT2D eigenvalue weighted by Gasteiger charge is -2.33. The molecule has 0 aliphatic heterocycles. The van der Waals surface area contributed by atoms with Gasteiger partial charge < -0.3 is 9.53 Å². The summed E-state index contributed by atoms with van der Waals surface area (Å²) >= 11 is 0. The second-order valence-corrected chi connectivity index (χ2v) is 8.56. The van der Waals surface area contributed by atoms with Crippen molar-refractivity contribution < 1.29 is 14.3 Å². The Morgan fingerprint density at radius 1 is 1.36 bits per heavy atom. The lowest BCUT2D eigenvalue weighted by atomic mass is 10.3. The summed E-state index contributed by atoms with van der Waals surface area (Å²) in [6.45, 7) is 8.35. The first-order valence-electron chi connectivity index (χ1n) is 5.44. The fourth-order valence-electron chi connectivity index (χ4n) is 2.06. The van der Waals surface area contributed by atoms with Crippen molar-refractivity contribution >= 4 is 14.5 Å². The molecule has 0 aliphatic carbocycles. The highest BCUT2D eigenvalue weighted by Crippen LogP contribution is 2.33. The first-order chi connectivity index (χ1) is 6.52. The van der Waals surface area contributed by atoms with Gasteiger partial charge in [0.1, 0.15) is 0 Å². The molecule has 0 rings (SSSR count). The summed E-state index contributed by atoms with van der Waals surface area (Å²) in [5, 5.41) is 8.74. The fraction of sp³-hybridized carbons (Fsp3) is 0.900. The first-order valence-corrected chi connectivity index (χ1v) is 7.84. The van der Waals surface area contributed by atoms with E-state index in [2.05, 4.69) is 13.8 Å². The Bertz CT molecular complexity index is 178. The van der Waals surface area contributed by atoms with Crippen LogP contribution in [0.3, 0.4) is 0 Å². The standard InChI is InChI=1S/C10H22O3Si/c1-5-8-9(4)14(6-2,7-3)13-10(11)12/h9H,5-8H2,1-4H3,(H,11,12). The molecule has 0 fully saturated rings. The summed E-state index contributed by atoms with van der Waals surface area (Å²) < 4.78 is 5.21. The molecule has 3 nitrogen and oxygen atoms in total. The van der Waals surface area contributed by atoms with Crippen LogP contribution in [0.5, 0.6) is 0 Å². The zero-order chi connectivity index (χ0) is 11.2. The predicted molar refractivity (Wildman–Crippen MR) is 60.2 cm³/mol. The molecule has 0 amide bonds. The van der Waals surface area contributed by atoms with Crippen LogP contribution < -0.4 is 0 Å². The molecule has 0 aliphatic rings. The minimum Gasteiger partial charge on any atom is -0.489 e. The quantitative estimate of drug-likeness (QED) is 0.689. The number of carbonyl (C=O) groups is 1. The van der Waals surface area contributed by atoms with E-state index in [0.29, 0.717) is 5.54 Å². The van der Waals surface area contributed by atoms with Gasteiger partial charge in [0.25, 0.3) is 8.32 Å². The second-order valence-electron chi connectivity index (χ2n) is 3.83. The van der Waals surface area contributed by atoms with E-state index in [9.17, 15) is 4.79 Å². The van der Waals surface area contributed by atoms with Crippen molar-refractivity contribution in [3.8, 4) is 0 Å². The van der Waals surface area contributed by atoms with Gasteiger partial charge >= 0.3 is 6.16 Å². The van der Waals surface area contributed by atoms with Gasteiger partial charge in [0, 0.05) is 0 Å². The van der Waals surface area contributed by atoms with Crippen molar-refractivity contribution in [2.24, 2.45) is 0 Å². The molecule has 0 aromatic rings. The van der Waals surface area contributed by atoms with Gasteiger partial charge in [-0.3, -0.25) is 0 Å². The number of hydrogen-bond acceptors (Lipinski definition) is 2. The molecule has 1 N–H and O–H groups in total. The predicted octanol–water partition coefficient (Wildman–Crippen LogP) is 3.86. The molecular weight excluding hydrogens is 196 g/mol. The van der Waals surface area contributed by atoms with Crippen LogP contribution in [0.25, 0.3) is 0 Å². The van der Waals surface area contributed by atoms with Crippen LogP contribution in [0, 0.1) is 0 Å². The Labute approximate surface area is 87.6 Å². The molecule has 0 bridgehead atoms. The average Bonchev–Trinajstić information content (AvgIpc) is 2.14. The van der Waals surface area contributed by atoms with Crippen LogP contribution in [0.2, 0.25) is 17.6 Å². The van der Waals surface area contributed by atoms with Crippen molar-refractivity contribution in [3.63, 3.8) is 0 Å². The van der Waals surface area contributed by atoms with Crippen molar-refractivity contribution in [1.29, 1.82) is 0 Å². The van der Waals surface area contributed by atoms with Crippen LogP contribution in [0.1, 0.15) is 40.5 Å². The van der Waals surface area contributed by atoms with E-state index >= 15 is 0 Å². The maximum Gasteiger partial charge on any atom is 0.491 e. The Hall–Kier alpha value is -0.513. The fourth-order valence-corrected chi connectivity index (χ4v) is 5.61. The summed E-state index contributed by atoms with van der Waals surface area (Å²) in [4.78, 5) is 10.7. The third kappa shape index (κ3) is 3.33. The van der Waals surface area contributed by atoms with Crippen LogP contribution in [0.4, 0.5) is 4.79 Å². The Balaban J connectivity index is 4.58. The average molecular weight is 218 g/mol. The van der Waals surface area contributed by atoms with Crippen molar-refractivity contribution in [2.45, 2.75) is 58.2 Å². The Morgan fingerprint density at radius 2 is 1.86 bits per heavy atom. The molecule has 0 radical (unpaired) electrons. The van der Waals surface area contributed by atoms with E-state index < -0.39 is 14.5 Å². The summed E-state index contributed by atoms with van der Waals surface area (Å²) in [6.07, 6.45) is 1.07. The van der Waals surface area contributed by atoms with Crippen molar-refractivity contribution in [1.82, 2.24) is 0 Å². The van der Waals surface area contributed by atoms with Gasteiger partial charge in [-0.15, -0.1) is 0 Å². The van der Waals surface area contributed by atoms with E-state index in [1.165, 1.54) is 0 Å². The van der Waals surface area contributed by atoms with Crippen LogP contribution in [-0.4, -0.2) is 19.6 Å². The molecule has 1 atom stereocenters. The first kappa shape index (κ1) is 13.5. The zero-order valence-electron chi connectivity index (χ0n) is 9.67. The molecule has 1 unspecified atom stereocenters. The summed E-state index contributed by atoms with van der Waals surface area (Å²) in [6, 6.07) is 1.77. The third-order valence-corrected chi connectivity index (χ3v) is 8.17. The molecule has 84 valence electrons. The molecule has 0 aromatic heterocycles. The second kappa shape index (κ2) is 6.06. The Morgan fingerprint density at radius 3 is 2.14 bits per heavy atom. The summed E-state index contributed by atoms with van der Waals surface area (Å²) in [5.41, 5.74) is 0.429. The van der Waals surface area contributed by atoms with Gasteiger partial charge in [0.05, 0.1) is 0 Å². The highest BCUT2D eigenvalue weighted by molar-refractivity contribution is 6.76. The van der Waals surface area contributed by atoms with E-state index in [1.807, 2.05) is 13.8 Å². The maximum atomic E-state index is 10.7. The van der Waals surface area contributed by atoms with E-state index in [4.69, 9.17) is 9.53 Å². The molecule has 0 aromatic carbocycles. The zero-order valence-corrected chi connectivity index (χ0v) is 10.7. The smallest absolute Gasteiger partial charge is 0.489 e. The van der Waals surface area contributed by atoms with Crippen molar-refractivity contribution in [2.75, 3.05) is 0 Å². The number of hydrogen-bond donors (Lipinski definition) is 1. The van der Waals surface area contributed by atoms with Crippen LogP contribution in [-0.2, 0) is 4.43 Å². The van der Waals surface area contributed by atoms with Gasteiger partial charge in [0.15, 0.2) is 0 Å². The van der Waals surface area contributed by atoms with Gasteiger partial charge in [-0.1, -0.05) is 40.5 Å². The van der Waals surface area contributed by atoms with E-state index in [1.54, 1.807) is 0 Å². The van der Waals surface area contributed by atoms with Crippen LogP contribution >= 0.6 is 0 Å². The topological polar surface area (TPSA) is 46.5 Å². The molecule has 14 heavy (non-hydrogen) atoms. The van der Waals surface area contributed by atoms with E-state index in [-0.39, 0.29) is 0 Å². The third-order valence-electron chi connectivity index (χ3n) is 3.11. The molecular formula is C10H22O3Si. The van der Waals surface area contributed by atoms with Gasteiger partial charge in [0.2, 0.25) is 0 Å². The van der Waals surface area contributed by atoms with Crippen LogP contribution in [0.15, 0.2) is 0 Å². The van der Waals surface area contributed by atoms with E-state index in [0.717, 1.165) is 24.9 Å². The minimum absolute atomic E-state index is 0.429. The van der Waals surface area contributed by atoms with Crippen molar-refractivity contribution in [3.05, 3.63) is 0 Å². The SMILES string of the molecule is CCCC(C)[Si](CC)(CC)OC(=O)O. The van der Waals surface area contributed by atoms with Gasteiger partial charge in [-0.2, -0.15) is 0 Å². The monoisotopic (exact) mass is 218 g/mol. The molecule has 0 heterocycles. The maximum absolute atomic E-state index is 10.7. The largest absolute Gasteiger partial charge is 0.491 e. The molecule has 0 saturated carbocycles. The lowest BCUT2D eigenvalue weighted by molar-refractivity contribution is 0.139. The highest BCUT2D eigenvalue weighted by Gasteiger charge is 2.40.